The highest BCUT2D eigenvalue weighted by Gasteiger charge is 2.22. The van der Waals surface area contributed by atoms with Gasteiger partial charge in [0.05, 0.1) is 39.5 Å². The molecule has 0 fully saturated rings. The van der Waals surface area contributed by atoms with Gasteiger partial charge in [0, 0.05) is 52.4 Å². The zero-order valence-electron chi connectivity index (χ0n) is 16.2. The molecule has 0 atom stereocenters. The fourth-order valence-corrected chi connectivity index (χ4v) is 4.27. The van der Waals surface area contributed by atoms with Crippen molar-refractivity contribution in [3.63, 3.8) is 0 Å². The molecule has 31 heavy (non-hydrogen) atoms. The molecule has 3 aliphatic heterocycles. The fourth-order valence-electron chi connectivity index (χ4n) is 4.27. The third kappa shape index (κ3) is 2.36. The van der Waals surface area contributed by atoms with Crippen LogP contribution in [0.15, 0.2) is 84.4 Å². The van der Waals surface area contributed by atoms with E-state index in [0.29, 0.717) is 0 Å². The summed E-state index contributed by atoms with van der Waals surface area (Å²) in [5.41, 5.74) is 8.87. The van der Waals surface area contributed by atoms with Crippen molar-refractivity contribution in [3.05, 3.63) is 95.7 Å². The number of dihydropyridines is 1. The van der Waals surface area contributed by atoms with E-state index in [1.54, 1.807) is 0 Å². The second-order valence-corrected chi connectivity index (χ2v) is 7.57. The highest BCUT2D eigenvalue weighted by atomic mass is 14.9. The third-order valence-electron chi connectivity index (χ3n) is 5.75. The van der Waals surface area contributed by atoms with Crippen molar-refractivity contribution >= 4 is 17.1 Å². The van der Waals surface area contributed by atoms with E-state index in [2.05, 4.69) is 15.3 Å². The lowest BCUT2D eigenvalue weighted by Gasteiger charge is -2.15. The first kappa shape index (κ1) is 16.4. The average molecular weight is 398 g/mol. The van der Waals surface area contributed by atoms with E-state index in [-0.39, 0.29) is 0 Å². The van der Waals surface area contributed by atoms with E-state index >= 15 is 0 Å². The fraction of sp³-hybridized carbons (Fsp3) is 0. The number of allylic oxidation sites excluding steroid dienone is 2. The molecular weight excluding hydrogens is 384 g/mol. The van der Waals surface area contributed by atoms with Gasteiger partial charge in [0.25, 0.3) is 0 Å². The van der Waals surface area contributed by atoms with Crippen molar-refractivity contribution < 1.29 is 0 Å². The number of nitrogens with one attached hydrogen (secondary N) is 1. The summed E-state index contributed by atoms with van der Waals surface area (Å²) in [5.74, 6) is 0. The van der Waals surface area contributed by atoms with E-state index in [4.69, 9.17) is 15.0 Å². The molecule has 0 saturated carbocycles. The van der Waals surface area contributed by atoms with Crippen LogP contribution in [0.5, 0.6) is 0 Å². The van der Waals surface area contributed by atoms with Crippen LogP contribution in [0.1, 0.15) is 5.69 Å². The van der Waals surface area contributed by atoms with Crippen LogP contribution in [-0.4, -0.2) is 19.9 Å². The van der Waals surface area contributed by atoms with Crippen molar-refractivity contribution in [2.24, 2.45) is 4.99 Å². The molecule has 0 unspecified atom stereocenters. The Morgan fingerprint density at radius 1 is 0.677 bits per heavy atom. The summed E-state index contributed by atoms with van der Waals surface area (Å²) in [4.78, 5) is 23.8. The molecule has 144 valence electrons. The second-order valence-electron chi connectivity index (χ2n) is 7.57. The van der Waals surface area contributed by atoms with E-state index in [1.165, 1.54) is 0 Å². The maximum absolute atomic E-state index is 5.04. The average Bonchev–Trinajstić information content (AvgIpc) is 3.23. The summed E-state index contributed by atoms with van der Waals surface area (Å²) in [6.07, 6.45) is 13.5. The lowest BCUT2D eigenvalue weighted by molar-refractivity contribution is 1.13. The van der Waals surface area contributed by atoms with Crippen LogP contribution in [0.2, 0.25) is 0 Å². The van der Waals surface area contributed by atoms with Crippen LogP contribution in [-0.2, 0) is 0 Å². The van der Waals surface area contributed by atoms with Gasteiger partial charge < -0.3 is 5.32 Å². The SMILES string of the molecule is C1=CC2=c3cncc4c3=Nc3c(cncc3-4)-c3cccc(n3)-c3cccc(n3)C(=C1)N2. The van der Waals surface area contributed by atoms with Crippen LogP contribution < -0.4 is 15.9 Å². The Balaban J connectivity index is 1.65. The number of hydrogen-bond acceptors (Lipinski definition) is 6. The summed E-state index contributed by atoms with van der Waals surface area (Å²) in [5, 5.41) is 5.36. The van der Waals surface area contributed by atoms with Gasteiger partial charge in [0.15, 0.2) is 0 Å². The molecule has 4 aromatic heterocycles. The predicted molar refractivity (Wildman–Crippen MR) is 118 cm³/mol. The molecule has 6 nitrogen and oxygen atoms in total. The third-order valence-corrected chi connectivity index (χ3v) is 5.75. The lowest BCUT2D eigenvalue weighted by Crippen LogP contribution is -2.32. The van der Waals surface area contributed by atoms with E-state index < -0.39 is 0 Å². The zero-order chi connectivity index (χ0) is 20.4. The van der Waals surface area contributed by atoms with Crippen molar-refractivity contribution in [1.29, 1.82) is 0 Å². The van der Waals surface area contributed by atoms with Gasteiger partial charge in [-0.2, -0.15) is 0 Å². The van der Waals surface area contributed by atoms with E-state index in [0.717, 1.165) is 67.1 Å². The number of pyridine rings is 4. The summed E-state index contributed by atoms with van der Waals surface area (Å²) in [6.45, 7) is 0. The summed E-state index contributed by atoms with van der Waals surface area (Å²) < 4.78 is 0. The summed E-state index contributed by atoms with van der Waals surface area (Å²) >= 11 is 0. The standard InChI is InChI=1S/C25H14N6/c1-4-18-16-12-26-10-14-15-11-27-13-17(25(15)31-24(14)16)19-5-2-7-21(29-19)23-9-3-8-22(30-23)20(6-1)28-18/h1-13,28H. The largest absolute Gasteiger partial charge is 0.353 e. The van der Waals surface area contributed by atoms with Gasteiger partial charge in [-0.1, -0.05) is 18.2 Å². The highest BCUT2D eigenvalue weighted by Crippen LogP contribution is 2.39. The summed E-state index contributed by atoms with van der Waals surface area (Å²) in [7, 11) is 0. The molecule has 0 spiro atoms. The molecule has 0 aromatic carbocycles. The number of aromatic nitrogens is 4. The molecule has 0 aliphatic carbocycles. The first-order chi connectivity index (χ1) is 15.3. The highest BCUT2D eigenvalue weighted by molar-refractivity contribution is 5.89. The minimum Gasteiger partial charge on any atom is -0.353 e. The topological polar surface area (TPSA) is 76.0 Å². The Kier molecular flexibility index (Phi) is 3.18. The normalized spacial score (nSPS) is 14.3. The molecule has 4 aromatic rings. The Morgan fingerprint density at radius 2 is 1.39 bits per heavy atom. The predicted octanol–water partition coefficient (Wildman–Crippen LogP) is 3.15. The van der Waals surface area contributed by atoms with E-state index in [1.807, 2.05) is 79.4 Å². The Bertz CT molecular complexity index is 1610. The number of hydrogen-bond donors (Lipinski definition) is 1. The molecule has 1 N–H and O–H groups in total. The monoisotopic (exact) mass is 398 g/mol. The smallest absolute Gasteiger partial charge is 0.0894 e. The van der Waals surface area contributed by atoms with Crippen LogP contribution in [0.3, 0.4) is 0 Å². The van der Waals surface area contributed by atoms with Gasteiger partial charge in [-0.25, -0.2) is 15.0 Å². The summed E-state index contributed by atoms with van der Waals surface area (Å²) in [6, 6.07) is 12.0. The Hall–Kier alpha value is -4.45. The molecule has 0 saturated heterocycles. The molecule has 0 amide bonds. The second kappa shape index (κ2) is 6.03. The van der Waals surface area contributed by atoms with Crippen LogP contribution >= 0.6 is 0 Å². The zero-order valence-corrected chi connectivity index (χ0v) is 16.2. The number of nitrogens with zero attached hydrogens (tertiary/aromatic N) is 5. The van der Waals surface area contributed by atoms with Crippen LogP contribution in [0.4, 0.5) is 5.69 Å². The Morgan fingerprint density at radius 3 is 2.29 bits per heavy atom. The molecule has 7 heterocycles. The molecule has 8 bridgehead atoms. The molecule has 6 heteroatoms. The van der Waals surface area contributed by atoms with Crippen LogP contribution in [0.25, 0.3) is 45.2 Å². The van der Waals surface area contributed by atoms with Crippen molar-refractivity contribution in [1.82, 2.24) is 25.3 Å². The maximum Gasteiger partial charge on any atom is 0.0894 e. The van der Waals surface area contributed by atoms with Crippen molar-refractivity contribution in [2.75, 3.05) is 0 Å². The first-order valence-corrected chi connectivity index (χ1v) is 10.0. The van der Waals surface area contributed by atoms with Gasteiger partial charge in [-0.15, -0.1) is 0 Å². The molecule has 0 radical (unpaired) electrons. The van der Waals surface area contributed by atoms with Gasteiger partial charge >= 0.3 is 0 Å². The van der Waals surface area contributed by atoms with Crippen molar-refractivity contribution in [2.45, 2.75) is 0 Å². The lowest BCUT2D eigenvalue weighted by atomic mass is 10.0. The molecule has 7 rings (SSSR count). The van der Waals surface area contributed by atoms with Gasteiger partial charge in [-0.05, 0) is 36.4 Å². The van der Waals surface area contributed by atoms with E-state index in [9.17, 15) is 0 Å². The number of fused-ring (bicyclic) bond motifs is 10. The van der Waals surface area contributed by atoms with Gasteiger partial charge in [0.1, 0.15) is 0 Å². The van der Waals surface area contributed by atoms with Gasteiger partial charge in [0.2, 0.25) is 0 Å². The Labute approximate surface area is 177 Å². The first-order valence-electron chi connectivity index (χ1n) is 10.0. The van der Waals surface area contributed by atoms with Crippen LogP contribution in [0, 0.1) is 0 Å². The molecule has 3 aliphatic rings. The minimum atomic E-state index is 0.808. The molecular formula is C25H14N6. The number of rotatable bonds is 0. The van der Waals surface area contributed by atoms with Gasteiger partial charge in [-0.3, -0.25) is 9.97 Å². The quantitative estimate of drug-likeness (QED) is 0.434. The minimum absolute atomic E-state index is 0.808. The maximum atomic E-state index is 5.04. The van der Waals surface area contributed by atoms with Crippen molar-refractivity contribution in [3.8, 4) is 33.8 Å².